The number of allylic oxidation sites excluding steroid dienone is 4. The molecule has 2 nitrogen and oxygen atoms in total. The van der Waals surface area contributed by atoms with Gasteiger partial charge in [0.05, 0.1) is 5.54 Å². The summed E-state index contributed by atoms with van der Waals surface area (Å²) in [7, 11) is 0. The first-order chi connectivity index (χ1) is 10.9. The molecule has 0 saturated carbocycles. The molecule has 124 valence electrons. The minimum absolute atomic E-state index is 0.0148. The molecule has 2 N–H and O–H groups in total. The minimum atomic E-state index is 0.0148. The monoisotopic (exact) mass is 328 g/mol. The van der Waals surface area contributed by atoms with Gasteiger partial charge in [-0.3, -0.25) is 0 Å². The van der Waals surface area contributed by atoms with Crippen LogP contribution in [-0.4, -0.2) is 5.54 Å². The van der Waals surface area contributed by atoms with Gasteiger partial charge in [0.15, 0.2) is 0 Å². The van der Waals surface area contributed by atoms with Crippen LogP contribution in [0.25, 0.3) is 5.57 Å². The van der Waals surface area contributed by atoms with Gasteiger partial charge < -0.3 is 10.0 Å². The molecular formula is C20H28N2S. The third-order valence-corrected chi connectivity index (χ3v) is 5.03. The van der Waals surface area contributed by atoms with Crippen molar-refractivity contribution in [1.82, 2.24) is 0 Å². The van der Waals surface area contributed by atoms with E-state index in [0.717, 1.165) is 12.1 Å². The lowest BCUT2D eigenvalue weighted by atomic mass is 9.91. The average Bonchev–Trinajstić information content (AvgIpc) is 2.47. The molecule has 3 heteroatoms. The van der Waals surface area contributed by atoms with Crippen LogP contribution >= 0.6 is 11.9 Å². The number of nitrogens with one attached hydrogen (secondary N) is 2. The fourth-order valence-corrected chi connectivity index (χ4v) is 3.65. The molecule has 0 bridgehead atoms. The van der Waals surface area contributed by atoms with Crippen LogP contribution < -0.4 is 10.0 Å². The maximum absolute atomic E-state index is 3.57. The Balaban J connectivity index is 2.15. The van der Waals surface area contributed by atoms with Gasteiger partial charge in [0, 0.05) is 21.8 Å². The number of fused-ring (bicyclic) bond motifs is 1. The molecular weight excluding hydrogens is 300 g/mol. The molecule has 2 rings (SSSR count). The topological polar surface area (TPSA) is 24.1 Å². The van der Waals surface area contributed by atoms with E-state index in [1.165, 1.54) is 27.3 Å². The van der Waals surface area contributed by atoms with E-state index in [1.807, 2.05) is 0 Å². The Kier molecular flexibility index (Phi) is 5.64. The molecule has 0 aromatic heterocycles. The standard InChI is InChI=1S/C20H28N2S/c1-7-9-14(3)19(8-2)23-22-16-10-11-18-17(12-16)15(4)13-20(5,6)21-18/h8-13,21-22H,7H2,1-6H3/b14-9-,19-8+. The Labute approximate surface area is 145 Å². The Bertz CT molecular complexity index is 666. The van der Waals surface area contributed by atoms with Crippen molar-refractivity contribution in [1.29, 1.82) is 0 Å². The Hall–Kier alpha value is -1.61. The average molecular weight is 329 g/mol. The summed E-state index contributed by atoms with van der Waals surface area (Å²) in [5, 5.41) is 3.57. The first kappa shape index (κ1) is 17.7. The van der Waals surface area contributed by atoms with Crippen molar-refractivity contribution in [3.63, 3.8) is 0 Å². The van der Waals surface area contributed by atoms with E-state index in [4.69, 9.17) is 0 Å². The summed E-state index contributed by atoms with van der Waals surface area (Å²) in [4.78, 5) is 1.27. The lowest BCUT2D eigenvalue weighted by molar-refractivity contribution is 0.707. The van der Waals surface area contributed by atoms with Crippen LogP contribution in [-0.2, 0) is 0 Å². The van der Waals surface area contributed by atoms with E-state index in [-0.39, 0.29) is 5.54 Å². The van der Waals surface area contributed by atoms with Gasteiger partial charge in [0.25, 0.3) is 0 Å². The highest BCUT2D eigenvalue weighted by molar-refractivity contribution is 8.04. The smallest absolute Gasteiger partial charge is 0.0505 e. The molecule has 0 unspecified atom stereocenters. The van der Waals surface area contributed by atoms with Crippen LogP contribution in [0.4, 0.5) is 11.4 Å². The normalized spacial score (nSPS) is 17.2. The summed E-state index contributed by atoms with van der Waals surface area (Å²) in [6.45, 7) is 13.0. The first-order valence-corrected chi connectivity index (χ1v) is 9.06. The first-order valence-electron chi connectivity index (χ1n) is 8.24. The predicted molar refractivity (Wildman–Crippen MR) is 107 cm³/mol. The van der Waals surface area contributed by atoms with E-state index >= 15 is 0 Å². The maximum atomic E-state index is 3.57. The molecule has 0 radical (unpaired) electrons. The SMILES string of the molecule is C/C=C(SNc1ccc2c(c1)C(C)=CC(C)(C)N2)\C(C)=C/CC. The minimum Gasteiger partial charge on any atom is -0.376 e. The van der Waals surface area contributed by atoms with Gasteiger partial charge in [-0.15, -0.1) is 0 Å². The van der Waals surface area contributed by atoms with Crippen molar-refractivity contribution in [2.45, 2.75) is 53.5 Å². The van der Waals surface area contributed by atoms with E-state index in [2.05, 4.69) is 88.0 Å². The van der Waals surface area contributed by atoms with Gasteiger partial charge in [-0.2, -0.15) is 0 Å². The number of hydrogen-bond acceptors (Lipinski definition) is 3. The van der Waals surface area contributed by atoms with Crippen LogP contribution in [0, 0.1) is 0 Å². The highest BCUT2D eigenvalue weighted by Crippen LogP contribution is 2.36. The number of benzene rings is 1. The maximum Gasteiger partial charge on any atom is 0.0505 e. The zero-order valence-corrected chi connectivity index (χ0v) is 15.9. The molecule has 1 heterocycles. The van der Waals surface area contributed by atoms with Crippen LogP contribution in [0.3, 0.4) is 0 Å². The van der Waals surface area contributed by atoms with Crippen LogP contribution in [0.2, 0.25) is 0 Å². The largest absolute Gasteiger partial charge is 0.376 e. The van der Waals surface area contributed by atoms with Crippen LogP contribution in [0.1, 0.15) is 53.5 Å². The molecule has 23 heavy (non-hydrogen) atoms. The Morgan fingerprint density at radius 2 is 2.09 bits per heavy atom. The van der Waals surface area contributed by atoms with Gasteiger partial charge in [-0.1, -0.05) is 25.2 Å². The summed E-state index contributed by atoms with van der Waals surface area (Å²) in [6, 6.07) is 6.53. The van der Waals surface area contributed by atoms with Crippen molar-refractivity contribution in [2.75, 3.05) is 10.0 Å². The molecule has 0 spiro atoms. The Morgan fingerprint density at radius 1 is 1.35 bits per heavy atom. The van der Waals surface area contributed by atoms with E-state index in [9.17, 15) is 0 Å². The molecule has 0 fully saturated rings. The predicted octanol–water partition coefficient (Wildman–Crippen LogP) is 6.61. The Morgan fingerprint density at radius 3 is 2.74 bits per heavy atom. The van der Waals surface area contributed by atoms with Crippen molar-refractivity contribution < 1.29 is 0 Å². The van der Waals surface area contributed by atoms with Crippen LogP contribution in [0.5, 0.6) is 0 Å². The molecule has 0 aliphatic carbocycles. The fraction of sp³-hybridized carbons (Fsp3) is 0.400. The summed E-state index contributed by atoms with van der Waals surface area (Å²) in [6.07, 6.45) is 7.77. The molecule has 1 aliphatic rings. The molecule has 0 saturated heterocycles. The lowest BCUT2D eigenvalue weighted by Gasteiger charge is -2.31. The molecule has 0 amide bonds. The second-order valence-electron chi connectivity index (χ2n) is 6.59. The van der Waals surface area contributed by atoms with E-state index in [1.54, 1.807) is 11.9 Å². The zero-order chi connectivity index (χ0) is 17.0. The highest BCUT2D eigenvalue weighted by atomic mass is 32.2. The van der Waals surface area contributed by atoms with Gasteiger partial charge in [-0.25, -0.2) is 0 Å². The van der Waals surface area contributed by atoms with Crippen molar-refractivity contribution in [3.8, 4) is 0 Å². The highest BCUT2D eigenvalue weighted by Gasteiger charge is 2.22. The number of rotatable bonds is 5. The third-order valence-electron chi connectivity index (χ3n) is 3.92. The van der Waals surface area contributed by atoms with E-state index < -0.39 is 0 Å². The zero-order valence-electron chi connectivity index (χ0n) is 15.1. The second-order valence-corrected chi connectivity index (χ2v) is 7.43. The summed E-state index contributed by atoms with van der Waals surface area (Å²) < 4.78 is 3.48. The van der Waals surface area contributed by atoms with Gasteiger partial charge >= 0.3 is 0 Å². The second kappa shape index (κ2) is 7.31. The van der Waals surface area contributed by atoms with Gasteiger partial charge in [0.1, 0.15) is 0 Å². The molecule has 0 atom stereocenters. The summed E-state index contributed by atoms with van der Waals surface area (Å²) in [5.41, 5.74) is 6.28. The van der Waals surface area contributed by atoms with Crippen molar-refractivity contribution in [2.24, 2.45) is 0 Å². The lowest BCUT2D eigenvalue weighted by Crippen LogP contribution is -2.31. The summed E-state index contributed by atoms with van der Waals surface area (Å²) in [5.74, 6) is 0. The summed E-state index contributed by atoms with van der Waals surface area (Å²) >= 11 is 1.68. The van der Waals surface area contributed by atoms with Crippen molar-refractivity contribution in [3.05, 3.63) is 52.5 Å². The van der Waals surface area contributed by atoms with Crippen LogP contribution in [0.15, 0.2) is 46.9 Å². The quantitative estimate of drug-likeness (QED) is 0.469. The number of hydrogen-bond donors (Lipinski definition) is 2. The van der Waals surface area contributed by atoms with Gasteiger partial charge in [0.2, 0.25) is 0 Å². The third kappa shape index (κ3) is 4.44. The van der Waals surface area contributed by atoms with Gasteiger partial charge in [-0.05, 0) is 82.3 Å². The number of anilines is 2. The molecule has 1 aromatic rings. The molecule has 1 aliphatic heterocycles. The van der Waals surface area contributed by atoms with E-state index in [0.29, 0.717) is 0 Å². The van der Waals surface area contributed by atoms with Crippen molar-refractivity contribution >= 4 is 28.9 Å². The molecule has 1 aromatic carbocycles. The fourth-order valence-electron chi connectivity index (χ4n) is 2.93.